The highest BCUT2D eigenvalue weighted by Crippen LogP contribution is 2.67. The van der Waals surface area contributed by atoms with Crippen LogP contribution in [0.15, 0.2) is 18.2 Å². The van der Waals surface area contributed by atoms with Crippen LogP contribution < -0.4 is 0 Å². The van der Waals surface area contributed by atoms with E-state index in [9.17, 15) is 5.11 Å². The predicted octanol–water partition coefficient (Wildman–Crippen LogP) is 4.36. The molecule has 0 amide bonds. The van der Waals surface area contributed by atoms with E-state index in [2.05, 4.69) is 28.9 Å². The molecule has 1 heterocycles. The molecule has 5 atom stereocenters. The second kappa shape index (κ2) is 5.21. The molecular weight excluding hydrogens is 368 g/mol. The van der Waals surface area contributed by atoms with Crippen molar-refractivity contribution < 1.29 is 14.6 Å². The molecule has 1 spiro atoms. The number of hydrogen-bond donors (Lipinski definition) is 1. The monoisotopic (exact) mass is 392 g/mol. The van der Waals surface area contributed by atoms with Gasteiger partial charge in [0.15, 0.2) is 5.79 Å². The summed E-state index contributed by atoms with van der Waals surface area (Å²) >= 11 is 3.92. The molecule has 1 aliphatic heterocycles. The maximum atomic E-state index is 9.81. The molecule has 4 heteroatoms. The molecule has 1 N–H and O–H groups in total. The van der Waals surface area contributed by atoms with E-state index in [0.29, 0.717) is 28.3 Å². The average molecular weight is 393 g/mol. The first-order valence-corrected chi connectivity index (χ1v) is 10.2. The van der Waals surface area contributed by atoms with Gasteiger partial charge in [0.25, 0.3) is 0 Å². The van der Waals surface area contributed by atoms with Gasteiger partial charge >= 0.3 is 0 Å². The Morgan fingerprint density at radius 3 is 2.79 bits per heavy atom. The summed E-state index contributed by atoms with van der Waals surface area (Å²) in [5, 5.41) is 9.81. The maximum Gasteiger partial charge on any atom is 0.186 e. The summed E-state index contributed by atoms with van der Waals surface area (Å²) in [6.07, 6.45) is 5.80. The number of halogens is 1. The van der Waals surface area contributed by atoms with Crippen LogP contribution in [0.2, 0.25) is 0 Å². The van der Waals surface area contributed by atoms with Crippen molar-refractivity contribution in [3.63, 3.8) is 0 Å². The summed E-state index contributed by atoms with van der Waals surface area (Å²) in [5.74, 6) is 1.95. The van der Waals surface area contributed by atoms with Crippen LogP contribution >= 0.6 is 15.9 Å². The van der Waals surface area contributed by atoms with Gasteiger partial charge in [0, 0.05) is 5.41 Å². The SMILES string of the molecule is C[C@]12CCC3c4ccc(O)cc4CCC3C1CC(Br)C21OCCO1. The van der Waals surface area contributed by atoms with E-state index in [1.165, 1.54) is 24.0 Å². The summed E-state index contributed by atoms with van der Waals surface area (Å²) in [5.41, 5.74) is 2.94. The summed E-state index contributed by atoms with van der Waals surface area (Å²) < 4.78 is 12.5. The maximum absolute atomic E-state index is 9.81. The number of aryl methyl sites for hydroxylation is 1. The minimum atomic E-state index is -0.419. The van der Waals surface area contributed by atoms with E-state index in [-0.39, 0.29) is 5.41 Å². The molecule has 4 aliphatic rings. The van der Waals surface area contributed by atoms with Gasteiger partial charge in [-0.2, -0.15) is 0 Å². The fraction of sp³-hybridized carbons (Fsp3) is 0.700. The standard InChI is InChI=1S/C20H25BrO3/c1-19-7-6-15-14-5-3-13(22)10-12(14)2-4-16(15)17(19)11-18(21)20(19)23-8-9-24-20/h3,5,10,15-18,22H,2,4,6-9,11H2,1H3/t15?,16?,17?,18?,19-/m0/s1. The first kappa shape index (κ1) is 15.7. The second-order valence-electron chi connectivity index (χ2n) is 8.32. The van der Waals surface area contributed by atoms with Crippen molar-refractivity contribution >= 4 is 15.9 Å². The number of phenolic OH excluding ortho intramolecular Hbond substituents is 1. The molecule has 5 rings (SSSR count). The van der Waals surface area contributed by atoms with Gasteiger partial charge in [0.1, 0.15) is 5.75 Å². The lowest BCUT2D eigenvalue weighted by Crippen LogP contribution is -2.53. The third-order valence-electron chi connectivity index (χ3n) is 7.49. The first-order chi connectivity index (χ1) is 11.6. The summed E-state index contributed by atoms with van der Waals surface area (Å²) in [6, 6.07) is 6.01. The number of fused-ring (bicyclic) bond motifs is 6. The minimum Gasteiger partial charge on any atom is -0.508 e. The van der Waals surface area contributed by atoms with Crippen molar-refractivity contribution in [1.82, 2.24) is 0 Å². The Kier molecular flexibility index (Phi) is 3.40. The molecule has 1 saturated heterocycles. The second-order valence-corrected chi connectivity index (χ2v) is 9.43. The number of ether oxygens (including phenoxy) is 2. The van der Waals surface area contributed by atoms with Gasteiger partial charge in [-0.25, -0.2) is 0 Å². The molecule has 3 nitrogen and oxygen atoms in total. The molecule has 2 saturated carbocycles. The van der Waals surface area contributed by atoms with Crippen LogP contribution in [0.3, 0.4) is 0 Å². The third-order valence-corrected chi connectivity index (χ3v) is 8.46. The van der Waals surface area contributed by atoms with E-state index in [1.807, 2.05) is 12.1 Å². The van der Waals surface area contributed by atoms with E-state index in [0.717, 1.165) is 32.5 Å². The highest BCUT2D eigenvalue weighted by Gasteiger charge is 2.68. The Morgan fingerprint density at radius 1 is 1.21 bits per heavy atom. The van der Waals surface area contributed by atoms with E-state index < -0.39 is 5.79 Å². The summed E-state index contributed by atoms with van der Waals surface area (Å²) in [4.78, 5) is 0.294. The van der Waals surface area contributed by atoms with Crippen LogP contribution in [0.25, 0.3) is 0 Å². The summed E-state index contributed by atoms with van der Waals surface area (Å²) in [7, 11) is 0. The highest BCUT2D eigenvalue weighted by atomic mass is 79.9. The number of hydrogen-bond acceptors (Lipinski definition) is 3. The number of alkyl halides is 1. The fourth-order valence-electron chi connectivity index (χ4n) is 6.43. The molecule has 130 valence electrons. The lowest BCUT2D eigenvalue weighted by molar-refractivity contribution is -0.233. The zero-order valence-electron chi connectivity index (χ0n) is 14.1. The number of phenols is 1. The Labute approximate surface area is 151 Å². The van der Waals surface area contributed by atoms with Crippen LogP contribution in [-0.4, -0.2) is 28.9 Å². The third kappa shape index (κ3) is 1.85. The molecule has 1 aromatic carbocycles. The minimum absolute atomic E-state index is 0.104. The fourth-order valence-corrected chi connectivity index (χ4v) is 7.62. The Hall–Kier alpha value is -0.580. The van der Waals surface area contributed by atoms with Gasteiger partial charge < -0.3 is 14.6 Å². The number of benzene rings is 1. The first-order valence-electron chi connectivity index (χ1n) is 9.29. The van der Waals surface area contributed by atoms with Crippen molar-refractivity contribution in [2.75, 3.05) is 13.2 Å². The topological polar surface area (TPSA) is 38.7 Å². The van der Waals surface area contributed by atoms with Crippen molar-refractivity contribution in [1.29, 1.82) is 0 Å². The molecule has 0 radical (unpaired) electrons. The number of rotatable bonds is 0. The van der Waals surface area contributed by atoms with Crippen molar-refractivity contribution in [3.05, 3.63) is 29.3 Å². The number of aromatic hydroxyl groups is 1. The average Bonchev–Trinajstić information content (AvgIpc) is 3.15. The molecule has 3 aliphatic carbocycles. The van der Waals surface area contributed by atoms with Crippen LogP contribution in [0.4, 0.5) is 0 Å². The van der Waals surface area contributed by atoms with E-state index in [4.69, 9.17) is 9.47 Å². The Morgan fingerprint density at radius 2 is 2.00 bits per heavy atom. The van der Waals surface area contributed by atoms with Gasteiger partial charge in [0.2, 0.25) is 0 Å². The van der Waals surface area contributed by atoms with Gasteiger partial charge in [-0.1, -0.05) is 28.9 Å². The lowest BCUT2D eigenvalue weighted by atomic mass is 9.55. The molecule has 0 bridgehead atoms. The van der Waals surface area contributed by atoms with Crippen molar-refractivity contribution in [2.45, 2.75) is 55.6 Å². The van der Waals surface area contributed by atoms with Crippen LogP contribution in [0.1, 0.15) is 49.7 Å². The zero-order valence-corrected chi connectivity index (χ0v) is 15.7. The smallest absolute Gasteiger partial charge is 0.186 e. The predicted molar refractivity (Wildman–Crippen MR) is 95.5 cm³/mol. The van der Waals surface area contributed by atoms with E-state index >= 15 is 0 Å². The van der Waals surface area contributed by atoms with Crippen LogP contribution in [-0.2, 0) is 15.9 Å². The quantitative estimate of drug-likeness (QED) is 0.666. The molecule has 4 unspecified atom stereocenters. The summed E-state index contributed by atoms with van der Waals surface area (Å²) in [6.45, 7) is 3.86. The van der Waals surface area contributed by atoms with Gasteiger partial charge in [-0.3, -0.25) is 0 Å². The lowest BCUT2D eigenvalue weighted by Gasteiger charge is -2.52. The zero-order chi connectivity index (χ0) is 16.5. The van der Waals surface area contributed by atoms with Crippen LogP contribution in [0.5, 0.6) is 5.75 Å². The van der Waals surface area contributed by atoms with Gasteiger partial charge in [-0.05, 0) is 73.1 Å². The van der Waals surface area contributed by atoms with Crippen LogP contribution in [0, 0.1) is 17.3 Å². The normalized spacial score (nSPS) is 42.6. The highest BCUT2D eigenvalue weighted by molar-refractivity contribution is 9.09. The molecule has 0 aromatic heterocycles. The van der Waals surface area contributed by atoms with Crippen molar-refractivity contribution in [3.8, 4) is 5.75 Å². The molecule has 1 aromatic rings. The largest absolute Gasteiger partial charge is 0.508 e. The van der Waals surface area contributed by atoms with Gasteiger partial charge in [0.05, 0.1) is 18.0 Å². The Balaban J connectivity index is 1.53. The van der Waals surface area contributed by atoms with E-state index in [1.54, 1.807) is 0 Å². The molecule has 3 fully saturated rings. The molecule has 24 heavy (non-hydrogen) atoms. The molecular formula is C20H25BrO3. The van der Waals surface area contributed by atoms with Crippen molar-refractivity contribution in [2.24, 2.45) is 17.3 Å². The van der Waals surface area contributed by atoms with Gasteiger partial charge in [-0.15, -0.1) is 0 Å². The Bertz CT molecular complexity index is 669.